The quantitative estimate of drug-likeness (QED) is 0.442. The van der Waals surface area contributed by atoms with E-state index >= 15 is 4.39 Å². The molecule has 2 saturated carbocycles. The van der Waals surface area contributed by atoms with Crippen LogP contribution in [0, 0.1) is 12.8 Å². The van der Waals surface area contributed by atoms with Crippen LogP contribution in [0.15, 0.2) is 28.8 Å². The summed E-state index contributed by atoms with van der Waals surface area (Å²) in [5, 5.41) is 6.89. The van der Waals surface area contributed by atoms with Crippen LogP contribution in [0.25, 0.3) is 11.3 Å². The number of carbonyl (C=O) groups is 2. The number of aromatic nitrogens is 1. The number of rotatable bonds is 9. The van der Waals surface area contributed by atoms with Crippen LogP contribution in [0.3, 0.4) is 0 Å². The molecule has 2 atom stereocenters. The van der Waals surface area contributed by atoms with Gasteiger partial charge in [0.2, 0.25) is 5.67 Å². The summed E-state index contributed by atoms with van der Waals surface area (Å²) >= 11 is 0. The van der Waals surface area contributed by atoms with Crippen molar-refractivity contribution in [3.63, 3.8) is 0 Å². The van der Waals surface area contributed by atoms with Gasteiger partial charge in [0.15, 0.2) is 5.76 Å². The van der Waals surface area contributed by atoms with Crippen molar-refractivity contribution < 1.29 is 32.7 Å². The van der Waals surface area contributed by atoms with Crippen molar-refractivity contribution in [2.75, 3.05) is 13.2 Å². The minimum absolute atomic E-state index is 0.0286. The molecule has 2 aliphatic rings. The molecule has 1 aromatic carbocycles. The van der Waals surface area contributed by atoms with Crippen LogP contribution in [0.2, 0.25) is 0 Å². The SMILES string of the molecule is CCOC(=O)C1(F)CCCC(Oc2ccc(-c3onc(C)c3COC(=O)NCC3CCCC3)cc2)C1. The third-order valence-corrected chi connectivity index (χ3v) is 7.05. The molecular weight excluding hydrogens is 467 g/mol. The van der Waals surface area contributed by atoms with Crippen molar-refractivity contribution in [2.45, 2.75) is 83.6 Å². The molecule has 0 saturated heterocycles. The standard InChI is InChI=1S/C27H35FN2O6/c1-3-33-25(31)27(28)14-6-9-22(15-27)35-21-12-10-20(11-13-21)24-23(18(2)30-36-24)17-34-26(32)29-16-19-7-4-5-8-19/h10-13,19,22H,3-9,14-17H2,1-2H3,(H,29,32). The highest BCUT2D eigenvalue weighted by Crippen LogP contribution is 2.36. The van der Waals surface area contributed by atoms with Crippen LogP contribution in [-0.2, 0) is 20.9 Å². The Labute approximate surface area is 210 Å². The van der Waals surface area contributed by atoms with E-state index in [0.717, 1.165) is 18.4 Å². The molecule has 2 unspecified atom stereocenters. The molecule has 0 bridgehead atoms. The van der Waals surface area contributed by atoms with Crippen molar-refractivity contribution in [2.24, 2.45) is 5.92 Å². The molecule has 8 nitrogen and oxygen atoms in total. The van der Waals surface area contributed by atoms with E-state index < -0.39 is 23.8 Å². The second kappa shape index (κ2) is 11.8. The Bertz CT molecular complexity index is 1030. The van der Waals surface area contributed by atoms with Gasteiger partial charge in [0, 0.05) is 18.5 Å². The number of amides is 1. The zero-order valence-electron chi connectivity index (χ0n) is 21.0. The summed E-state index contributed by atoms with van der Waals surface area (Å²) in [6.07, 6.45) is 5.21. The number of hydrogen-bond donors (Lipinski definition) is 1. The third kappa shape index (κ3) is 6.36. The molecule has 0 radical (unpaired) electrons. The highest BCUT2D eigenvalue weighted by Gasteiger charge is 2.45. The van der Waals surface area contributed by atoms with E-state index in [1.807, 2.05) is 12.1 Å². The van der Waals surface area contributed by atoms with E-state index in [-0.39, 0.29) is 26.1 Å². The summed E-state index contributed by atoms with van der Waals surface area (Å²) in [5.74, 6) is 0.810. The summed E-state index contributed by atoms with van der Waals surface area (Å²) < 4.78 is 36.9. The summed E-state index contributed by atoms with van der Waals surface area (Å²) in [6.45, 7) is 4.30. The van der Waals surface area contributed by atoms with E-state index in [0.29, 0.717) is 48.1 Å². The van der Waals surface area contributed by atoms with Crippen molar-refractivity contribution in [3.05, 3.63) is 35.5 Å². The van der Waals surface area contributed by atoms with Crippen molar-refractivity contribution in [1.82, 2.24) is 10.5 Å². The Hall–Kier alpha value is -3.10. The molecular formula is C27H35FN2O6. The van der Waals surface area contributed by atoms with Gasteiger partial charge >= 0.3 is 12.1 Å². The van der Waals surface area contributed by atoms with E-state index in [1.54, 1.807) is 26.0 Å². The third-order valence-electron chi connectivity index (χ3n) is 7.05. The molecule has 36 heavy (non-hydrogen) atoms. The van der Waals surface area contributed by atoms with Crippen LogP contribution in [0.1, 0.15) is 69.5 Å². The molecule has 4 rings (SSSR count). The Morgan fingerprint density at radius 1 is 1.14 bits per heavy atom. The minimum Gasteiger partial charge on any atom is -0.490 e. The lowest BCUT2D eigenvalue weighted by molar-refractivity contribution is -0.161. The van der Waals surface area contributed by atoms with Crippen molar-refractivity contribution in [1.29, 1.82) is 0 Å². The Morgan fingerprint density at radius 3 is 2.61 bits per heavy atom. The summed E-state index contributed by atoms with van der Waals surface area (Å²) in [6, 6.07) is 7.17. The van der Waals surface area contributed by atoms with Crippen molar-refractivity contribution in [3.8, 4) is 17.1 Å². The van der Waals surface area contributed by atoms with Crippen LogP contribution >= 0.6 is 0 Å². The van der Waals surface area contributed by atoms with Gasteiger partial charge in [-0.25, -0.2) is 14.0 Å². The number of nitrogens with one attached hydrogen (secondary N) is 1. The predicted octanol–water partition coefficient (Wildman–Crippen LogP) is 5.66. The van der Waals surface area contributed by atoms with Gasteiger partial charge in [-0.15, -0.1) is 0 Å². The number of alkyl carbamates (subject to hydrolysis) is 1. The van der Waals surface area contributed by atoms with Crippen molar-refractivity contribution >= 4 is 12.1 Å². The Balaban J connectivity index is 1.34. The van der Waals surface area contributed by atoms with Gasteiger partial charge in [-0.1, -0.05) is 18.0 Å². The molecule has 0 spiro atoms. The zero-order chi connectivity index (χ0) is 25.5. The maximum Gasteiger partial charge on any atom is 0.407 e. The first-order valence-corrected chi connectivity index (χ1v) is 12.9. The number of carbonyl (C=O) groups excluding carboxylic acids is 2. The highest BCUT2D eigenvalue weighted by atomic mass is 19.1. The molecule has 2 aliphatic carbocycles. The number of benzene rings is 1. The van der Waals surface area contributed by atoms with Gasteiger partial charge in [-0.2, -0.15) is 0 Å². The fourth-order valence-electron chi connectivity index (χ4n) is 5.02. The van der Waals surface area contributed by atoms with Gasteiger partial charge in [-0.3, -0.25) is 0 Å². The number of hydrogen-bond acceptors (Lipinski definition) is 7. The fourth-order valence-corrected chi connectivity index (χ4v) is 5.02. The number of alkyl halides is 1. The van der Waals surface area contributed by atoms with E-state index in [9.17, 15) is 9.59 Å². The lowest BCUT2D eigenvalue weighted by Gasteiger charge is -2.32. The molecule has 2 aromatic rings. The molecule has 9 heteroatoms. The molecule has 1 aromatic heterocycles. The Kier molecular flexibility index (Phi) is 8.48. The van der Waals surface area contributed by atoms with Crippen LogP contribution in [0.5, 0.6) is 5.75 Å². The lowest BCUT2D eigenvalue weighted by atomic mass is 9.84. The summed E-state index contributed by atoms with van der Waals surface area (Å²) in [4.78, 5) is 24.2. The number of aryl methyl sites for hydroxylation is 1. The smallest absolute Gasteiger partial charge is 0.407 e. The average Bonchev–Trinajstić information content (AvgIpc) is 3.52. The van der Waals surface area contributed by atoms with Crippen LogP contribution < -0.4 is 10.1 Å². The monoisotopic (exact) mass is 502 g/mol. The first-order valence-electron chi connectivity index (χ1n) is 12.9. The van der Waals surface area contributed by atoms with E-state index in [1.165, 1.54) is 12.8 Å². The minimum atomic E-state index is -2.01. The fraction of sp³-hybridized carbons (Fsp3) is 0.593. The number of ether oxygens (including phenoxy) is 3. The molecule has 1 heterocycles. The molecule has 1 N–H and O–H groups in total. The molecule has 196 valence electrons. The van der Waals surface area contributed by atoms with Gasteiger partial charge < -0.3 is 24.1 Å². The van der Waals surface area contributed by atoms with E-state index in [4.69, 9.17) is 18.7 Å². The molecule has 0 aliphatic heterocycles. The van der Waals surface area contributed by atoms with E-state index in [2.05, 4.69) is 10.5 Å². The molecule has 2 fully saturated rings. The predicted molar refractivity (Wildman–Crippen MR) is 130 cm³/mol. The number of halogens is 1. The lowest BCUT2D eigenvalue weighted by Crippen LogP contribution is -2.43. The van der Waals surface area contributed by atoms with Gasteiger partial charge in [0.25, 0.3) is 0 Å². The average molecular weight is 503 g/mol. The maximum atomic E-state index is 15.1. The maximum absolute atomic E-state index is 15.1. The second-order valence-corrected chi connectivity index (χ2v) is 9.73. The normalized spacial score (nSPS) is 22.2. The van der Waals surface area contributed by atoms with Crippen LogP contribution in [-0.4, -0.2) is 42.1 Å². The zero-order valence-corrected chi connectivity index (χ0v) is 21.0. The van der Waals surface area contributed by atoms with Gasteiger partial charge in [0.1, 0.15) is 18.5 Å². The summed E-state index contributed by atoms with van der Waals surface area (Å²) in [7, 11) is 0. The largest absolute Gasteiger partial charge is 0.490 e. The Morgan fingerprint density at radius 2 is 1.89 bits per heavy atom. The topological polar surface area (TPSA) is 99.9 Å². The number of esters is 1. The van der Waals surface area contributed by atoms with Crippen LogP contribution in [0.4, 0.5) is 9.18 Å². The second-order valence-electron chi connectivity index (χ2n) is 9.73. The van der Waals surface area contributed by atoms with Gasteiger partial charge in [-0.05, 0) is 76.1 Å². The highest BCUT2D eigenvalue weighted by molar-refractivity contribution is 5.79. The van der Waals surface area contributed by atoms with Gasteiger partial charge in [0.05, 0.1) is 17.9 Å². The first-order chi connectivity index (χ1) is 17.4. The summed E-state index contributed by atoms with van der Waals surface area (Å²) in [5.41, 5.74) is 0.0926. The number of nitrogens with zero attached hydrogens (tertiary/aromatic N) is 1. The first kappa shape index (κ1) is 26.0. The molecule has 1 amide bonds.